The summed E-state index contributed by atoms with van der Waals surface area (Å²) in [5, 5.41) is 3.29. The Kier molecular flexibility index (Phi) is 4.59. The molecular formula is C22H30N4O3. The minimum absolute atomic E-state index is 0.0354. The SMILES string of the molecule is C=C1N[C@@H](CC(C)(C)C)C(=O)N1C1CC2(CC(Oc3ncccc3C(N)=O)C2)C1. The normalized spacial score (nSPS) is 31.3. The molecule has 0 radical (unpaired) electrons. The minimum Gasteiger partial charge on any atom is -0.474 e. The van der Waals surface area contributed by atoms with Gasteiger partial charge in [0.05, 0.1) is 0 Å². The second-order valence-electron chi connectivity index (χ2n) is 10.0. The van der Waals surface area contributed by atoms with E-state index in [1.165, 1.54) is 0 Å². The predicted molar refractivity (Wildman–Crippen MR) is 109 cm³/mol. The largest absolute Gasteiger partial charge is 0.474 e. The van der Waals surface area contributed by atoms with E-state index in [9.17, 15) is 9.59 Å². The molecule has 1 aromatic rings. The van der Waals surface area contributed by atoms with E-state index in [1.54, 1.807) is 18.3 Å². The van der Waals surface area contributed by atoms with Crippen molar-refractivity contribution in [3.8, 4) is 5.88 Å². The number of primary amides is 1. The maximum atomic E-state index is 12.9. The molecule has 1 saturated heterocycles. The Morgan fingerprint density at radius 2 is 2.07 bits per heavy atom. The van der Waals surface area contributed by atoms with E-state index in [1.807, 2.05) is 4.90 Å². The van der Waals surface area contributed by atoms with Gasteiger partial charge in [-0.1, -0.05) is 27.4 Å². The van der Waals surface area contributed by atoms with Crippen molar-refractivity contribution in [3.05, 3.63) is 36.3 Å². The summed E-state index contributed by atoms with van der Waals surface area (Å²) in [4.78, 5) is 30.4. The van der Waals surface area contributed by atoms with Gasteiger partial charge in [-0.15, -0.1) is 0 Å². The number of hydrogen-bond acceptors (Lipinski definition) is 5. The van der Waals surface area contributed by atoms with Gasteiger partial charge in [-0.05, 0) is 55.1 Å². The summed E-state index contributed by atoms with van der Waals surface area (Å²) < 4.78 is 5.93. The van der Waals surface area contributed by atoms with Crippen LogP contribution in [0.5, 0.6) is 5.88 Å². The summed E-state index contributed by atoms with van der Waals surface area (Å²) in [5.74, 6) is 0.662. The molecule has 7 heteroatoms. The molecule has 1 spiro atoms. The van der Waals surface area contributed by atoms with E-state index in [4.69, 9.17) is 10.5 Å². The first kappa shape index (κ1) is 19.7. The number of carbonyl (C=O) groups is 2. The number of nitrogens with zero attached hydrogens (tertiary/aromatic N) is 2. The number of amides is 2. The molecule has 3 aliphatic rings. The van der Waals surface area contributed by atoms with Crippen LogP contribution in [0.2, 0.25) is 0 Å². The standard InChI is InChI=1S/C22H30N4O3/c1-13-25-17(12-21(2,3)4)20(28)26(13)14-8-22(9-14)10-15(11-22)29-19-16(18(23)27)6-5-7-24-19/h5-7,14-15,17,25H,1,8-12H2,2-4H3,(H2,23,27)/t14?,15?,17-,22?/m0/s1. The molecule has 0 unspecified atom stereocenters. The van der Waals surface area contributed by atoms with E-state index in [0.29, 0.717) is 11.4 Å². The van der Waals surface area contributed by atoms with E-state index in [2.05, 4.69) is 37.7 Å². The number of carbonyl (C=O) groups excluding carboxylic acids is 2. The molecule has 3 N–H and O–H groups in total. The van der Waals surface area contributed by atoms with Crippen LogP contribution >= 0.6 is 0 Å². The molecule has 2 saturated carbocycles. The molecule has 2 heterocycles. The fourth-order valence-electron chi connectivity index (χ4n) is 5.06. The van der Waals surface area contributed by atoms with Gasteiger partial charge in [-0.3, -0.25) is 14.5 Å². The zero-order valence-electron chi connectivity index (χ0n) is 17.4. The predicted octanol–water partition coefficient (Wildman–Crippen LogP) is 2.58. The zero-order valence-corrected chi connectivity index (χ0v) is 17.4. The second kappa shape index (κ2) is 6.75. The van der Waals surface area contributed by atoms with Crippen molar-refractivity contribution in [2.75, 3.05) is 0 Å². The van der Waals surface area contributed by atoms with Crippen LogP contribution in [0.15, 0.2) is 30.7 Å². The maximum absolute atomic E-state index is 12.9. The van der Waals surface area contributed by atoms with Crippen molar-refractivity contribution < 1.29 is 14.3 Å². The summed E-state index contributed by atoms with van der Waals surface area (Å²) in [5.41, 5.74) is 6.01. The zero-order chi connectivity index (χ0) is 21.0. The fourth-order valence-corrected chi connectivity index (χ4v) is 5.06. The van der Waals surface area contributed by atoms with Crippen molar-refractivity contribution >= 4 is 11.8 Å². The van der Waals surface area contributed by atoms with Crippen molar-refractivity contribution in [1.29, 1.82) is 0 Å². The number of hydrogen-bond donors (Lipinski definition) is 2. The number of rotatable bonds is 5. The Balaban J connectivity index is 1.31. The van der Waals surface area contributed by atoms with Crippen LogP contribution < -0.4 is 15.8 Å². The Hall–Kier alpha value is -2.57. The number of nitrogens with two attached hydrogens (primary N) is 1. The number of ether oxygens (including phenoxy) is 1. The molecule has 2 aliphatic carbocycles. The molecule has 1 atom stereocenters. The molecule has 4 rings (SSSR count). The molecule has 29 heavy (non-hydrogen) atoms. The first-order valence-electron chi connectivity index (χ1n) is 10.3. The highest BCUT2D eigenvalue weighted by atomic mass is 16.5. The van der Waals surface area contributed by atoms with Gasteiger partial charge in [0.25, 0.3) is 11.8 Å². The van der Waals surface area contributed by atoms with Gasteiger partial charge in [0.2, 0.25) is 5.88 Å². The lowest BCUT2D eigenvalue weighted by molar-refractivity contribution is -0.143. The topological polar surface area (TPSA) is 97.6 Å². The van der Waals surface area contributed by atoms with Crippen molar-refractivity contribution in [3.63, 3.8) is 0 Å². The smallest absolute Gasteiger partial charge is 0.254 e. The van der Waals surface area contributed by atoms with Crippen LogP contribution in [0, 0.1) is 10.8 Å². The Morgan fingerprint density at radius 3 is 2.69 bits per heavy atom. The maximum Gasteiger partial charge on any atom is 0.254 e. The molecule has 156 valence electrons. The van der Waals surface area contributed by atoms with Gasteiger partial charge < -0.3 is 15.8 Å². The average Bonchev–Trinajstić information content (AvgIpc) is 2.81. The summed E-state index contributed by atoms with van der Waals surface area (Å²) >= 11 is 0. The first-order chi connectivity index (χ1) is 13.6. The Bertz CT molecular complexity index is 846. The van der Waals surface area contributed by atoms with Gasteiger partial charge in [0.15, 0.2) is 0 Å². The Labute approximate surface area is 171 Å². The molecule has 1 aliphatic heterocycles. The third kappa shape index (κ3) is 3.70. The lowest BCUT2D eigenvalue weighted by Crippen LogP contribution is -2.59. The van der Waals surface area contributed by atoms with Crippen molar-refractivity contribution in [2.24, 2.45) is 16.6 Å². The van der Waals surface area contributed by atoms with E-state index < -0.39 is 5.91 Å². The monoisotopic (exact) mass is 398 g/mol. The summed E-state index contributed by atoms with van der Waals surface area (Å²) in [6, 6.07) is 3.34. The minimum atomic E-state index is -0.533. The summed E-state index contributed by atoms with van der Waals surface area (Å²) in [6.07, 6.45) is 6.17. The number of aromatic nitrogens is 1. The molecule has 0 bridgehead atoms. The van der Waals surface area contributed by atoms with Crippen molar-refractivity contribution in [1.82, 2.24) is 15.2 Å². The first-order valence-corrected chi connectivity index (χ1v) is 10.3. The van der Waals surface area contributed by atoms with E-state index in [0.717, 1.165) is 37.9 Å². The summed E-state index contributed by atoms with van der Waals surface area (Å²) in [7, 11) is 0. The van der Waals surface area contributed by atoms with Crippen molar-refractivity contribution in [2.45, 2.75) is 71.1 Å². The third-order valence-corrected chi connectivity index (χ3v) is 6.32. The average molecular weight is 399 g/mol. The Morgan fingerprint density at radius 1 is 1.38 bits per heavy atom. The third-order valence-electron chi connectivity index (χ3n) is 6.32. The lowest BCUT2D eigenvalue weighted by Gasteiger charge is -2.58. The molecular weight excluding hydrogens is 368 g/mol. The van der Waals surface area contributed by atoms with Crippen LogP contribution in [0.25, 0.3) is 0 Å². The van der Waals surface area contributed by atoms with Gasteiger partial charge in [-0.2, -0.15) is 0 Å². The van der Waals surface area contributed by atoms with Gasteiger partial charge in [-0.25, -0.2) is 4.98 Å². The highest BCUT2D eigenvalue weighted by Crippen LogP contribution is 2.58. The van der Waals surface area contributed by atoms with Gasteiger partial charge in [0.1, 0.15) is 23.5 Å². The summed E-state index contributed by atoms with van der Waals surface area (Å²) in [6.45, 7) is 10.5. The quantitative estimate of drug-likeness (QED) is 0.794. The fraction of sp³-hybridized carbons (Fsp3) is 0.591. The van der Waals surface area contributed by atoms with E-state index in [-0.39, 0.29) is 34.9 Å². The van der Waals surface area contributed by atoms with Gasteiger partial charge in [0, 0.05) is 12.2 Å². The number of nitrogens with one attached hydrogen (secondary N) is 1. The van der Waals surface area contributed by atoms with Crippen LogP contribution in [-0.2, 0) is 4.79 Å². The van der Waals surface area contributed by atoms with E-state index >= 15 is 0 Å². The molecule has 0 aromatic carbocycles. The number of pyridine rings is 1. The van der Waals surface area contributed by atoms with Gasteiger partial charge >= 0.3 is 0 Å². The highest BCUT2D eigenvalue weighted by molar-refractivity contribution is 5.94. The van der Waals surface area contributed by atoms with Crippen LogP contribution in [0.4, 0.5) is 0 Å². The highest BCUT2D eigenvalue weighted by Gasteiger charge is 2.57. The van der Waals surface area contributed by atoms with Crippen LogP contribution in [-0.4, -0.2) is 39.9 Å². The lowest BCUT2D eigenvalue weighted by atomic mass is 9.52. The molecule has 7 nitrogen and oxygen atoms in total. The molecule has 3 fully saturated rings. The van der Waals surface area contributed by atoms with Crippen LogP contribution in [0.1, 0.15) is 63.2 Å². The second-order valence-corrected chi connectivity index (χ2v) is 10.0. The molecule has 2 amide bonds. The molecule has 1 aromatic heterocycles. The van der Waals surface area contributed by atoms with Crippen LogP contribution in [0.3, 0.4) is 0 Å².